The number of fused-ring (bicyclic) bond motifs is 1. The summed E-state index contributed by atoms with van der Waals surface area (Å²) in [6, 6.07) is 5.33. The van der Waals surface area contributed by atoms with Crippen LogP contribution in [-0.4, -0.2) is 23.2 Å². The second-order valence-electron chi connectivity index (χ2n) is 3.80. The lowest BCUT2D eigenvalue weighted by atomic mass is 10.0. The van der Waals surface area contributed by atoms with Crippen molar-refractivity contribution in [1.82, 2.24) is 4.98 Å². The predicted molar refractivity (Wildman–Crippen MR) is 69.6 cm³/mol. The first-order valence-corrected chi connectivity index (χ1v) is 5.85. The summed E-state index contributed by atoms with van der Waals surface area (Å²) in [6.45, 7) is 1.89. The molecule has 0 atom stereocenters. The molecule has 0 saturated carbocycles. The normalized spacial score (nSPS) is 10.6. The Labute approximate surface area is 109 Å². The van der Waals surface area contributed by atoms with Crippen molar-refractivity contribution in [3.63, 3.8) is 0 Å². The van der Waals surface area contributed by atoms with Crippen LogP contribution in [0.15, 0.2) is 18.2 Å². The lowest BCUT2D eigenvalue weighted by Gasteiger charge is -2.10. The molecule has 18 heavy (non-hydrogen) atoms. The molecule has 1 aromatic heterocycles. The largest absolute Gasteiger partial charge is 0.497 e. The van der Waals surface area contributed by atoms with Gasteiger partial charge in [-0.25, -0.2) is 9.78 Å². The first kappa shape index (κ1) is 12.6. The van der Waals surface area contributed by atoms with E-state index in [0.29, 0.717) is 23.3 Å². The van der Waals surface area contributed by atoms with Crippen molar-refractivity contribution >= 4 is 28.5 Å². The number of carbonyl (C=O) groups is 1. The molecule has 0 aliphatic rings. The van der Waals surface area contributed by atoms with Gasteiger partial charge < -0.3 is 9.84 Å². The summed E-state index contributed by atoms with van der Waals surface area (Å²) in [5.74, 6) is -0.390. The van der Waals surface area contributed by atoms with Gasteiger partial charge in [-0.3, -0.25) is 0 Å². The highest BCUT2D eigenvalue weighted by Crippen LogP contribution is 2.29. The van der Waals surface area contributed by atoms with Gasteiger partial charge in [-0.15, -0.1) is 0 Å². The number of methoxy groups -OCH3 is 1. The van der Waals surface area contributed by atoms with Crippen LogP contribution in [0.2, 0.25) is 5.15 Å². The van der Waals surface area contributed by atoms with Crippen LogP contribution < -0.4 is 4.74 Å². The molecule has 1 aromatic carbocycles. The third-order valence-electron chi connectivity index (χ3n) is 2.82. The maximum atomic E-state index is 11.2. The van der Waals surface area contributed by atoms with Crippen LogP contribution in [0, 0.1) is 0 Å². The number of aryl methyl sites for hydroxylation is 1. The summed E-state index contributed by atoms with van der Waals surface area (Å²) < 4.78 is 5.11. The molecule has 5 heteroatoms. The van der Waals surface area contributed by atoms with Crippen LogP contribution >= 0.6 is 11.6 Å². The second-order valence-corrected chi connectivity index (χ2v) is 4.16. The zero-order valence-corrected chi connectivity index (χ0v) is 10.8. The van der Waals surface area contributed by atoms with Crippen LogP contribution in [0.25, 0.3) is 10.9 Å². The van der Waals surface area contributed by atoms with Crippen molar-refractivity contribution in [1.29, 1.82) is 0 Å². The molecule has 4 nitrogen and oxygen atoms in total. The number of hydrogen-bond donors (Lipinski definition) is 1. The minimum absolute atomic E-state index is 0.0140. The van der Waals surface area contributed by atoms with E-state index in [-0.39, 0.29) is 10.7 Å². The van der Waals surface area contributed by atoms with E-state index in [9.17, 15) is 9.90 Å². The van der Waals surface area contributed by atoms with Gasteiger partial charge in [0.1, 0.15) is 16.5 Å². The molecule has 0 fully saturated rings. The van der Waals surface area contributed by atoms with E-state index >= 15 is 0 Å². The van der Waals surface area contributed by atoms with E-state index in [0.717, 1.165) is 5.39 Å². The van der Waals surface area contributed by atoms with Crippen LogP contribution in [0.3, 0.4) is 0 Å². The highest BCUT2D eigenvalue weighted by molar-refractivity contribution is 6.33. The van der Waals surface area contributed by atoms with Crippen molar-refractivity contribution in [3.05, 3.63) is 34.5 Å². The minimum atomic E-state index is -1.05. The summed E-state index contributed by atoms with van der Waals surface area (Å²) >= 11 is 5.94. The highest BCUT2D eigenvalue weighted by atomic mass is 35.5. The van der Waals surface area contributed by atoms with Crippen molar-refractivity contribution in [2.24, 2.45) is 0 Å². The number of rotatable bonds is 3. The Bertz CT molecular complexity index is 625. The average molecular weight is 266 g/mol. The number of pyridine rings is 1. The molecule has 2 aromatic rings. The van der Waals surface area contributed by atoms with Gasteiger partial charge >= 0.3 is 5.97 Å². The van der Waals surface area contributed by atoms with Crippen molar-refractivity contribution in [3.8, 4) is 5.75 Å². The predicted octanol–water partition coefficient (Wildman–Crippen LogP) is 3.16. The zero-order valence-electron chi connectivity index (χ0n) is 10.0. The Balaban J connectivity index is 2.83. The number of nitrogens with zero attached hydrogens (tertiary/aromatic N) is 1. The topological polar surface area (TPSA) is 59.4 Å². The Kier molecular flexibility index (Phi) is 3.39. The van der Waals surface area contributed by atoms with E-state index in [1.54, 1.807) is 19.2 Å². The fourth-order valence-electron chi connectivity index (χ4n) is 1.99. The number of benzene rings is 1. The van der Waals surface area contributed by atoms with Crippen molar-refractivity contribution in [2.75, 3.05) is 7.11 Å². The monoisotopic (exact) mass is 265 g/mol. The number of ether oxygens (including phenoxy) is 1. The first-order chi connectivity index (χ1) is 8.58. The minimum Gasteiger partial charge on any atom is -0.497 e. The van der Waals surface area contributed by atoms with E-state index in [2.05, 4.69) is 4.98 Å². The number of aromatic nitrogens is 1. The second kappa shape index (κ2) is 4.82. The molecule has 2 rings (SSSR count). The highest BCUT2D eigenvalue weighted by Gasteiger charge is 2.18. The molecule has 0 amide bonds. The van der Waals surface area contributed by atoms with Gasteiger partial charge in [-0.2, -0.15) is 0 Å². The summed E-state index contributed by atoms with van der Waals surface area (Å²) in [6.07, 6.45) is 0.576. The molecule has 0 spiro atoms. The molecule has 0 bridgehead atoms. The van der Waals surface area contributed by atoms with E-state index in [1.165, 1.54) is 0 Å². The first-order valence-electron chi connectivity index (χ1n) is 5.47. The third-order valence-corrected chi connectivity index (χ3v) is 3.10. The van der Waals surface area contributed by atoms with Gasteiger partial charge in [-0.1, -0.05) is 18.5 Å². The maximum Gasteiger partial charge on any atom is 0.339 e. The Morgan fingerprint density at radius 2 is 2.22 bits per heavy atom. The fraction of sp³-hybridized carbons (Fsp3) is 0.231. The van der Waals surface area contributed by atoms with E-state index in [1.807, 2.05) is 13.0 Å². The lowest BCUT2D eigenvalue weighted by Crippen LogP contribution is -2.05. The average Bonchev–Trinajstić information content (AvgIpc) is 2.35. The maximum absolute atomic E-state index is 11.2. The number of halogens is 1. The lowest BCUT2D eigenvalue weighted by molar-refractivity contribution is 0.0696. The Hall–Kier alpha value is -1.81. The molecular weight excluding hydrogens is 254 g/mol. The Morgan fingerprint density at radius 1 is 1.50 bits per heavy atom. The quantitative estimate of drug-likeness (QED) is 0.866. The van der Waals surface area contributed by atoms with Crippen LogP contribution in [-0.2, 0) is 6.42 Å². The van der Waals surface area contributed by atoms with Gasteiger partial charge in [0.15, 0.2) is 0 Å². The third kappa shape index (κ3) is 1.99. The molecule has 0 aliphatic carbocycles. The van der Waals surface area contributed by atoms with Gasteiger partial charge in [0.25, 0.3) is 0 Å². The zero-order chi connectivity index (χ0) is 13.3. The van der Waals surface area contributed by atoms with Crippen molar-refractivity contribution in [2.45, 2.75) is 13.3 Å². The van der Waals surface area contributed by atoms with Crippen LogP contribution in [0.5, 0.6) is 5.75 Å². The van der Waals surface area contributed by atoms with Crippen LogP contribution in [0.1, 0.15) is 22.8 Å². The summed E-state index contributed by atoms with van der Waals surface area (Å²) in [5, 5.41) is 9.99. The molecule has 1 N–H and O–H groups in total. The van der Waals surface area contributed by atoms with Gasteiger partial charge in [-0.05, 0) is 24.1 Å². The van der Waals surface area contributed by atoms with Gasteiger partial charge in [0, 0.05) is 11.5 Å². The molecule has 0 unspecified atom stereocenters. The summed E-state index contributed by atoms with van der Waals surface area (Å²) in [5.41, 5.74) is 1.41. The van der Waals surface area contributed by atoms with Crippen LogP contribution in [0.4, 0.5) is 0 Å². The van der Waals surface area contributed by atoms with E-state index in [4.69, 9.17) is 16.3 Å². The van der Waals surface area contributed by atoms with Crippen molar-refractivity contribution < 1.29 is 14.6 Å². The smallest absolute Gasteiger partial charge is 0.339 e. The molecular formula is C13H12ClNO3. The number of hydrogen-bond acceptors (Lipinski definition) is 3. The van der Waals surface area contributed by atoms with Gasteiger partial charge in [0.2, 0.25) is 0 Å². The number of carboxylic acids is 1. The van der Waals surface area contributed by atoms with Gasteiger partial charge in [0.05, 0.1) is 12.6 Å². The SMILES string of the molecule is CCc1c(C(=O)O)c(Cl)nc2cc(OC)ccc12. The molecule has 1 heterocycles. The summed E-state index contributed by atoms with van der Waals surface area (Å²) in [4.78, 5) is 15.3. The Morgan fingerprint density at radius 3 is 2.78 bits per heavy atom. The summed E-state index contributed by atoms with van der Waals surface area (Å²) in [7, 11) is 1.56. The molecule has 0 saturated heterocycles. The molecule has 0 aliphatic heterocycles. The number of carboxylic acid groups (broad SMARTS) is 1. The molecule has 0 radical (unpaired) electrons. The number of aromatic carboxylic acids is 1. The molecule has 94 valence electrons. The van der Waals surface area contributed by atoms with E-state index < -0.39 is 5.97 Å². The standard InChI is InChI=1S/C13H12ClNO3/c1-3-8-9-5-4-7(18-2)6-10(9)15-12(14)11(8)13(16)17/h4-6H,3H2,1-2H3,(H,16,17). The fourth-order valence-corrected chi connectivity index (χ4v) is 2.28.